The van der Waals surface area contributed by atoms with Gasteiger partial charge in [-0.1, -0.05) is 66.7 Å². The summed E-state index contributed by atoms with van der Waals surface area (Å²) in [5, 5.41) is 3.48. The Balaban J connectivity index is 1.45. The number of benzene rings is 5. The minimum atomic E-state index is 0.863. The Morgan fingerprint density at radius 1 is 0.694 bits per heavy atom. The van der Waals surface area contributed by atoms with Crippen LogP contribution in [0.25, 0.3) is 61.0 Å². The predicted octanol–water partition coefficient (Wildman–Crippen LogP) is 8.88. The molecule has 0 aliphatic carbocycles. The van der Waals surface area contributed by atoms with E-state index in [1.807, 2.05) is 12.3 Å². The molecule has 0 fully saturated rings. The van der Waals surface area contributed by atoms with E-state index in [9.17, 15) is 0 Å². The van der Waals surface area contributed by atoms with E-state index in [4.69, 9.17) is 9.40 Å². The molecule has 3 heteroatoms. The molecule has 172 valence electrons. The third-order valence-corrected chi connectivity index (χ3v) is 7.14. The lowest BCUT2D eigenvalue weighted by Gasteiger charge is -2.11. The summed E-state index contributed by atoms with van der Waals surface area (Å²) < 4.78 is 8.39. The highest BCUT2D eigenvalue weighted by molar-refractivity contribution is 5.97. The van der Waals surface area contributed by atoms with Crippen molar-refractivity contribution in [3.05, 3.63) is 121 Å². The van der Waals surface area contributed by atoms with Crippen molar-refractivity contribution in [1.29, 1.82) is 0 Å². The molecule has 0 aliphatic rings. The molecule has 2 aromatic heterocycles. The molecular weight excluding hydrogens is 440 g/mol. The lowest BCUT2D eigenvalue weighted by atomic mass is 9.95. The van der Waals surface area contributed by atoms with Gasteiger partial charge >= 0.3 is 0 Å². The molecule has 0 saturated heterocycles. The van der Waals surface area contributed by atoms with Crippen molar-refractivity contribution in [2.45, 2.75) is 13.8 Å². The Kier molecular flexibility index (Phi) is 4.58. The summed E-state index contributed by atoms with van der Waals surface area (Å²) in [6, 6.07) is 36.3. The zero-order chi connectivity index (χ0) is 24.2. The number of furan rings is 1. The summed E-state index contributed by atoms with van der Waals surface area (Å²) in [6.45, 7) is 4.32. The number of aryl methyl sites for hydroxylation is 2. The van der Waals surface area contributed by atoms with Gasteiger partial charge in [-0.05, 0) is 83.3 Å². The first-order chi connectivity index (χ1) is 17.7. The van der Waals surface area contributed by atoms with Gasteiger partial charge < -0.3 is 4.42 Å². The fourth-order valence-electron chi connectivity index (χ4n) is 5.41. The highest BCUT2D eigenvalue weighted by Gasteiger charge is 2.19. The number of para-hydroxylation sites is 2. The molecule has 0 atom stereocenters. The molecule has 0 radical (unpaired) electrons. The van der Waals surface area contributed by atoms with Crippen molar-refractivity contribution < 1.29 is 4.42 Å². The second-order valence-corrected chi connectivity index (χ2v) is 9.42. The van der Waals surface area contributed by atoms with Gasteiger partial charge in [-0.3, -0.25) is 4.57 Å². The number of aromatic nitrogens is 2. The number of hydrogen-bond donors (Lipinski definition) is 0. The van der Waals surface area contributed by atoms with Crippen LogP contribution in [0.4, 0.5) is 0 Å². The maximum atomic E-state index is 6.15. The normalized spacial score (nSPS) is 11.6. The molecule has 7 rings (SSSR count). The third kappa shape index (κ3) is 3.17. The van der Waals surface area contributed by atoms with Gasteiger partial charge in [0.05, 0.1) is 16.6 Å². The van der Waals surface area contributed by atoms with Crippen LogP contribution in [0.5, 0.6) is 0 Å². The molecule has 0 unspecified atom stereocenters. The minimum Gasteiger partial charge on any atom is -0.464 e. The molecule has 7 aromatic rings. The SMILES string of the molecule is Cc1cccc(C)c1-c1ccc2c(-c3nc4ccccc4n3-c3ccc4ccccc4c3)coc2c1. The van der Waals surface area contributed by atoms with E-state index in [0.29, 0.717) is 0 Å². The van der Waals surface area contributed by atoms with Crippen LogP contribution in [0.2, 0.25) is 0 Å². The summed E-state index contributed by atoms with van der Waals surface area (Å²) in [4.78, 5) is 5.07. The Labute approximate surface area is 209 Å². The highest BCUT2D eigenvalue weighted by atomic mass is 16.3. The smallest absolute Gasteiger partial charge is 0.149 e. The van der Waals surface area contributed by atoms with Gasteiger partial charge in [0.25, 0.3) is 0 Å². The maximum absolute atomic E-state index is 6.15. The number of rotatable bonds is 3. The second-order valence-electron chi connectivity index (χ2n) is 9.42. The first-order valence-electron chi connectivity index (χ1n) is 12.2. The summed E-state index contributed by atoms with van der Waals surface area (Å²) in [5.41, 5.74) is 9.93. The number of imidazole rings is 1. The summed E-state index contributed by atoms with van der Waals surface area (Å²) in [6.07, 6.45) is 1.85. The number of fused-ring (bicyclic) bond motifs is 3. The molecule has 0 aliphatic heterocycles. The van der Waals surface area contributed by atoms with Crippen molar-refractivity contribution in [2.75, 3.05) is 0 Å². The van der Waals surface area contributed by atoms with Crippen LogP contribution in [-0.2, 0) is 0 Å². The zero-order valence-corrected chi connectivity index (χ0v) is 20.2. The van der Waals surface area contributed by atoms with E-state index in [1.54, 1.807) is 0 Å². The molecule has 3 nitrogen and oxygen atoms in total. The highest BCUT2D eigenvalue weighted by Crippen LogP contribution is 2.37. The molecule has 0 saturated carbocycles. The maximum Gasteiger partial charge on any atom is 0.149 e. The Morgan fingerprint density at radius 2 is 1.47 bits per heavy atom. The van der Waals surface area contributed by atoms with E-state index >= 15 is 0 Å². The molecular formula is C33H24N2O. The molecule has 0 bridgehead atoms. The van der Waals surface area contributed by atoms with E-state index in [1.165, 1.54) is 33.0 Å². The third-order valence-electron chi connectivity index (χ3n) is 7.14. The van der Waals surface area contributed by atoms with Crippen LogP contribution in [0, 0.1) is 13.8 Å². The fourth-order valence-corrected chi connectivity index (χ4v) is 5.41. The largest absolute Gasteiger partial charge is 0.464 e. The summed E-state index contributed by atoms with van der Waals surface area (Å²) >= 11 is 0. The predicted molar refractivity (Wildman–Crippen MR) is 149 cm³/mol. The van der Waals surface area contributed by atoms with Crippen molar-refractivity contribution in [3.8, 4) is 28.2 Å². The van der Waals surface area contributed by atoms with E-state index < -0.39 is 0 Å². The average molecular weight is 465 g/mol. The van der Waals surface area contributed by atoms with Crippen molar-refractivity contribution in [1.82, 2.24) is 9.55 Å². The Morgan fingerprint density at radius 3 is 2.33 bits per heavy atom. The first-order valence-corrected chi connectivity index (χ1v) is 12.2. The van der Waals surface area contributed by atoms with Gasteiger partial charge in [0.2, 0.25) is 0 Å². The minimum absolute atomic E-state index is 0.863. The first kappa shape index (κ1) is 20.7. The summed E-state index contributed by atoms with van der Waals surface area (Å²) in [7, 11) is 0. The number of nitrogens with zero attached hydrogens (tertiary/aromatic N) is 2. The van der Waals surface area contributed by atoms with Gasteiger partial charge in [-0.15, -0.1) is 0 Å². The average Bonchev–Trinajstić information content (AvgIpc) is 3.49. The molecule has 5 aromatic carbocycles. The van der Waals surface area contributed by atoms with Crippen LogP contribution >= 0.6 is 0 Å². The topological polar surface area (TPSA) is 31.0 Å². The molecule has 36 heavy (non-hydrogen) atoms. The van der Waals surface area contributed by atoms with Crippen molar-refractivity contribution >= 4 is 32.8 Å². The van der Waals surface area contributed by atoms with Crippen LogP contribution in [0.3, 0.4) is 0 Å². The Bertz CT molecular complexity index is 1900. The number of hydrogen-bond acceptors (Lipinski definition) is 2. The van der Waals surface area contributed by atoms with Crippen LogP contribution < -0.4 is 0 Å². The summed E-state index contributed by atoms with van der Waals surface area (Å²) in [5.74, 6) is 0.880. The van der Waals surface area contributed by atoms with Gasteiger partial charge in [0, 0.05) is 11.1 Å². The quantitative estimate of drug-likeness (QED) is 0.261. The van der Waals surface area contributed by atoms with E-state index in [2.05, 4.69) is 115 Å². The monoisotopic (exact) mass is 464 g/mol. The molecule has 0 amide bonds. The molecule has 0 N–H and O–H groups in total. The zero-order valence-electron chi connectivity index (χ0n) is 20.2. The standard InChI is InChI=1S/C33H24N2O/c1-21-8-7-9-22(2)32(21)25-15-17-27-28(20-36-31(27)19-25)33-34-29-12-5-6-13-30(29)35(33)26-16-14-23-10-3-4-11-24(23)18-26/h3-20H,1-2H3. The van der Waals surface area contributed by atoms with Gasteiger partial charge in [-0.25, -0.2) is 4.98 Å². The molecule has 0 spiro atoms. The fraction of sp³-hybridized carbons (Fsp3) is 0.0606. The second kappa shape index (κ2) is 7.96. The molecule has 2 heterocycles. The van der Waals surface area contributed by atoms with Gasteiger partial charge in [-0.2, -0.15) is 0 Å². The van der Waals surface area contributed by atoms with E-state index in [0.717, 1.165) is 39.1 Å². The van der Waals surface area contributed by atoms with E-state index in [-0.39, 0.29) is 0 Å². The lowest BCUT2D eigenvalue weighted by Crippen LogP contribution is -1.97. The van der Waals surface area contributed by atoms with Crippen molar-refractivity contribution in [3.63, 3.8) is 0 Å². The van der Waals surface area contributed by atoms with Crippen LogP contribution in [0.15, 0.2) is 114 Å². The Hall–Kier alpha value is -4.63. The van der Waals surface area contributed by atoms with Crippen LogP contribution in [0.1, 0.15) is 11.1 Å². The van der Waals surface area contributed by atoms with Crippen LogP contribution in [-0.4, -0.2) is 9.55 Å². The van der Waals surface area contributed by atoms with Crippen molar-refractivity contribution in [2.24, 2.45) is 0 Å². The van der Waals surface area contributed by atoms with Gasteiger partial charge in [0.1, 0.15) is 17.7 Å². The van der Waals surface area contributed by atoms with Gasteiger partial charge in [0.15, 0.2) is 0 Å². The lowest BCUT2D eigenvalue weighted by molar-refractivity contribution is 0.616.